The molecule has 0 bridgehead atoms. The molecule has 0 aromatic heterocycles. The maximum atomic E-state index is 11.1. The minimum atomic E-state index is 0.318. The van der Waals surface area contributed by atoms with Crippen LogP contribution < -0.4 is 0 Å². The van der Waals surface area contributed by atoms with Gasteiger partial charge < -0.3 is 9.64 Å². The largest absolute Gasteiger partial charge is 0.380 e. The zero-order valence-electron chi connectivity index (χ0n) is 9.29. The Labute approximate surface area is 86.4 Å². The van der Waals surface area contributed by atoms with Crippen molar-refractivity contribution < 1.29 is 9.53 Å². The van der Waals surface area contributed by atoms with Crippen molar-refractivity contribution in [2.45, 2.75) is 26.7 Å². The van der Waals surface area contributed by atoms with E-state index in [1.807, 2.05) is 6.92 Å². The minimum absolute atomic E-state index is 0.318. The number of Topliss-reactive ketones (excluding diaryl/α,β-unsaturated/α-hetero) is 1. The lowest BCUT2D eigenvalue weighted by Gasteiger charge is -2.30. The number of carbonyl (C=O) groups is 1. The Bertz CT molecular complexity index is 174. The first-order chi connectivity index (χ1) is 6.74. The van der Waals surface area contributed by atoms with E-state index in [0.717, 1.165) is 45.7 Å². The molecule has 0 unspecified atom stereocenters. The molecule has 3 heteroatoms. The van der Waals surface area contributed by atoms with Gasteiger partial charge in [-0.2, -0.15) is 0 Å². The summed E-state index contributed by atoms with van der Waals surface area (Å²) in [5, 5.41) is 0. The molecule has 0 atom stereocenters. The highest BCUT2D eigenvalue weighted by Gasteiger charge is 2.21. The number of piperidine rings is 1. The highest BCUT2D eigenvalue weighted by atomic mass is 16.5. The second kappa shape index (κ2) is 6.14. The molecule has 0 aromatic carbocycles. The maximum Gasteiger partial charge on any atom is 0.133 e. The summed E-state index contributed by atoms with van der Waals surface area (Å²) in [5.74, 6) is 0.674. The van der Waals surface area contributed by atoms with E-state index in [0.29, 0.717) is 11.7 Å². The fourth-order valence-electron chi connectivity index (χ4n) is 1.90. The number of likely N-dealkylation sites (tertiary alicyclic amines) is 1. The molecule has 0 spiro atoms. The van der Waals surface area contributed by atoms with Crippen molar-refractivity contribution in [1.82, 2.24) is 4.90 Å². The van der Waals surface area contributed by atoms with Crippen molar-refractivity contribution in [3.8, 4) is 0 Å². The van der Waals surface area contributed by atoms with Crippen molar-refractivity contribution in [1.29, 1.82) is 0 Å². The molecular formula is C11H21NO2. The number of carbonyl (C=O) groups excluding carboxylic acids is 1. The summed E-state index contributed by atoms with van der Waals surface area (Å²) in [5.41, 5.74) is 0. The Morgan fingerprint density at radius 2 is 2.07 bits per heavy atom. The van der Waals surface area contributed by atoms with Gasteiger partial charge in [0.2, 0.25) is 0 Å². The molecule has 0 aliphatic carbocycles. The van der Waals surface area contributed by atoms with Crippen molar-refractivity contribution in [2.24, 2.45) is 5.92 Å². The van der Waals surface area contributed by atoms with Crippen molar-refractivity contribution >= 4 is 5.78 Å². The van der Waals surface area contributed by atoms with Gasteiger partial charge >= 0.3 is 0 Å². The summed E-state index contributed by atoms with van der Waals surface area (Å²) in [6.07, 6.45) is 2.06. The van der Waals surface area contributed by atoms with Crippen LogP contribution in [-0.4, -0.2) is 43.5 Å². The van der Waals surface area contributed by atoms with E-state index in [1.54, 1.807) is 6.92 Å². The van der Waals surface area contributed by atoms with Crippen molar-refractivity contribution in [3.63, 3.8) is 0 Å². The van der Waals surface area contributed by atoms with Crippen LogP contribution in [0.2, 0.25) is 0 Å². The molecule has 1 aliphatic rings. The van der Waals surface area contributed by atoms with Gasteiger partial charge in [-0.3, -0.25) is 4.79 Å². The summed E-state index contributed by atoms with van der Waals surface area (Å²) < 4.78 is 5.30. The molecule has 0 amide bonds. The first kappa shape index (κ1) is 11.7. The van der Waals surface area contributed by atoms with Crippen LogP contribution in [0.25, 0.3) is 0 Å². The van der Waals surface area contributed by atoms with Gasteiger partial charge in [-0.05, 0) is 39.8 Å². The molecule has 14 heavy (non-hydrogen) atoms. The van der Waals surface area contributed by atoms with Crippen LogP contribution in [0.4, 0.5) is 0 Å². The predicted octanol–water partition coefficient (Wildman–Crippen LogP) is 1.32. The summed E-state index contributed by atoms with van der Waals surface area (Å²) in [4.78, 5) is 13.5. The minimum Gasteiger partial charge on any atom is -0.380 e. The van der Waals surface area contributed by atoms with Gasteiger partial charge in [0.05, 0.1) is 6.61 Å². The van der Waals surface area contributed by atoms with Gasteiger partial charge in [-0.15, -0.1) is 0 Å². The lowest BCUT2D eigenvalue weighted by molar-refractivity contribution is -0.122. The molecular weight excluding hydrogens is 178 g/mol. The van der Waals surface area contributed by atoms with Crippen LogP contribution in [0, 0.1) is 5.92 Å². The lowest BCUT2D eigenvalue weighted by atomic mass is 9.93. The third kappa shape index (κ3) is 3.76. The highest BCUT2D eigenvalue weighted by molar-refractivity contribution is 5.78. The topological polar surface area (TPSA) is 29.5 Å². The third-order valence-electron chi connectivity index (χ3n) is 2.92. The average molecular weight is 199 g/mol. The van der Waals surface area contributed by atoms with Crippen LogP contribution >= 0.6 is 0 Å². The molecule has 1 fully saturated rings. The van der Waals surface area contributed by atoms with Crippen LogP contribution in [0.1, 0.15) is 26.7 Å². The average Bonchev–Trinajstić information content (AvgIpc) is 2.19. The molecule has 1 saturated heterocycles. The van der Waals surface area contributed by atoms with Crippen LogP contribution in [-0.2, 0) is 9.53 Å². The molecule has 1 rings (SSSR count). The van der Waals surface area contributed by atoms with E-state index in [2.05, 4.69) is 4.90 Å². The molecule has 0 N–H and O–H groups in total. The molecule has 82 valence electrons. The van der Waals surface area contributed by atoms with Gasteiger partial charge in [0.25, 0.3) is 0 Å². The van der Waals surface area contributed by atoms with Crippen LogP contribution in [0.15, 0.2) is 0 Å². The van der Waals surface area contributed by atoms with E-state index in [1.165, 1.54) is 0 Å². The number of rotatable bonds is 5. The molecule has 0 aromatic rings. The van der Waals surface area contributed by atoms with E-state index in [9.17, 15) is 4.79 Å². The Morgan fingerprint density at radius 3 is 2.57 bits per heavy atom. The number of nitrogens with zero attached hydrogens (tertiary/aromatic N) is 1. The van der Waals surface area contributed by atoms with E-state index >= 15 is 0 Å². The summed E-state index contributed by atoms with van der Waals surface area (Å²) in [6.45, 7) is 8.46. The highest BCUT2D eigenvalue weighted by Crippen LogP contribution is 2.17. The van der Waals surface area contributed by atoms with Gasteiger partial charge in [0, 0.05) is 19.1 Å². The van der Waals surface area contributed by atoms with Gasteiger partial charge in [-0.25, -0.2) is 0 Å². The molecule has 3 nitrogen and oxygen atoms in total. The third-order valence-corrected chi connectivity index (χ3v) is 2.92. The SMILES string of the molecule is CCOCCN1CCC(C(C)=O)CC1. The Kier molecular flexibility index (Phi) is 5.12. The number of ether oxygens (including phenoxy) is 1. The number of hydrogen-bond acceptors (Lipinski definition) is 3. The van der Waals surface area contributed by atoms with E-state index < -0.39 is 0 Å². The monoisotopic (exact) mass is 199 g/mol. The smallest absolute Gasteiger partial charge is 0.133 e. The summed E-state index contributed by atoms with van der Waals surface area (Å²) in [7, 11) is 0. The Morgan fingerprint density at radius 1 is 1.43 bits per heavy atom. The van der Waals surface area contributed by atoms with Crippen LogP contribution in [0.3, 0.4) is 0 Å². The van der Waals surface area contributed by atoms with Crippen LogP contribution in [0.5, 0.6) is 0 Å². The normalized spacial score (nSPS) is 19.9. The van der Waals surface area contributed by atoms with Gasteiger partial charge in [-0.1, -0.05) is 0 Å². The standard InChI is InChI=1S/C11H21NO2/c1-3-14-9-8-12-6-4-11(5-7-12)10(2)13/h11H,3-9H2,1-2H3. The molecule has 1 heterocycles. The Hall–Kier alpha value is -0.410. The first-order valence-corrected chi connectivity index (χ1v) is 5.54. The first-order valence-electron chi connectivity index (χ1n) is 5.54. The van der Waals surface area contributed by atoms with Crippen molar-refractivity contribution in [3.05, 3.63) is 0 Å². The van der Waals surface area contributed by atoms with Crippen molar-refractivity contribution in [2.75, 3.05) is 32.8 Å². The predicted molar refractivity (Wildman–Crippen MR) is 56.3 cm³/mol. The van der Waals surface area contributed by atoms with E-state index in [-0.39, 0.29) is 0 Å². The van der Waals surface area contributed by atoms with Gasteiger partial charge in [0.1, 0.15) is 5.78 Å². The van der Waals surface area contributed by atoms with Gasteiger partial charge in [0.15, 0.2) is 0 Å². The van der Waals surface area contributed by atoms with E-state index in [4.69, 9.17) is 4.74 Å². The lowest BCUT2D eigenvalue weighted by Crippen LogP contribution is -2.37. The zero-order valence-corrected chi connectivity index (χ0v) is 9.29. The summed E-state index contributed by atoms with van der Waals surface area (Å²) >= 11 is 0. The maximum absolute atomic E-state index is 11.1. The number of hydrogen-bond donors (Lipinski definition) is 0. The second-order valence-corrected chi connectivity index (χ2v) is 3.92. The number of ketones is 1. The zero-order chi connectivity index (χ0) is 10.4. The molecule has 1 aliphatic heterocycles. The molecule has 0 saturated carbocycles. The molecule has 0 radical (unpaired) electrons. The fraction of sp³-hybridized carbons (Fsp3) is 0.909. The second-order valence-electron chi connectivity index (χ2n) is 3.92. The summed E-state index contributed by atoms with van der Waals surface area (Å²) in [6, 6.07) is 0. The quantitative estimate of drug-likeness (QED) is 0.625. The Balaban J connectivity index is 2.12. The fourth-order valence-corrected chi connectivity index (χ4v) is 1.90.